The SMILES string of the molecule is O=[N+]([O-])c1ccc(F)c([C@@H]2CCN2)c1. The summed E-state index contributed by atoms with van der Waals surface area (Å²) < 4.78 is 13.2. The Hall–Kier alpha value is -1.49. The lowest BCUT2D eigenvalue weighted by molar-refractivity contribution is -0.385. The lowest BCUT2D eigenvalue weighted by Crippen LogP contribution is -2.35. The summed E-state index contributed by atoms with van der Waals surface area (Å²) in [4.78, 5) is 9.94. The van der Waals surface area contributed by atoms with Gasteiger partial charge in [-0.05, 0) is 19.0 Å². The molecule has 1 aromatic carbocycles. The van der Waals surface area contributed by atoms with Gasteiger partial charge >= 0.3 is 0 Å². The summed E-state index contributed by atoms with van der Waals surface area (Å²) in [6.07, 6.45) is 0.831. The average Bonchev–Trinajstić information content (AvgIpc) is 2.05. The van der Waals surface area contributed by atoms with Crippen LogP contribution in [0.2, 0.25) is 0 Å². The summed E-state index contributed by atoms with van der Waals surface area (Å²) in [6, 6.07) is 3.56. The number of nitrogens with zero attached hydrogens (tertiary/aromatic N) is 1. The van der Waals surface area contributed by atoms with E-state index in [4.69, 9.17) is 0 Å². The molecule has 74 valence electrons. The van der Waals surface area contributed by atoms with E-state index in [2.05, 4.69) is 5.32 Å². The molecular weight excluding hydrogens is 187 g/mol. The van der Waals surface area contributed by atoms with Crippen LogP contribution in [0.3, 0.4) is 0 Å². The minimum absolute atomic E-state index is 0.0601. The fraction of sp³-hybridized carbons (Fsp3) is 0.333. The zero-order chi connectivity index (χ0) is 10.1. The van der Waals surface area contributed by atoms with Gasteiger partial charge < -0.3 is 5.32 Å². The van der Waals surface area contributed by atoms with Crippen molar-refractivity contribution in [1.82, 2.24) is 5.32 Å². The van der Waals surface area contributed by atoms with Gasteiger partial charge in [-0.25, -0.2) is 4.39 Å². The molecule has 1 saturated heterocycles. The average molecular weight is 196 g/mol. The van der Waals surface area contributed by atoms with Crippen molar-refractivity contribution in [2.45, 2.75) is 12.5 Å². The lowest BCUT2D eigenvalue weighted by atomic mass is 9.97. The Balaban J connectivity index is 2.36. The number of nitrogens with one attached hydrogen (secondary N) is 1. The molecule has 1 aromatic rings. The van der Waals surface area contributed by atoms with Gasteiger partial charge in [0, 0.05) is 23.7 Å². The number of hydrogen-bond donors (Lipinski definition) is 1. The van der Waals surface area contributed by atoms with Crippen LogP contribution < -0.4 is 5.32 Å². The topological polar surface area (TPSA) is 55.2 Å². The van der Waals surface area contributed by atoms with Crippen LogP contribution in [-0.2, 0) is 0 Å². The molecule has 1 heterocycles. The van der Waals surface area contributed by atoms with Gasteiger partial charge in [-0.3, -0.25) is 10.1 Å². The summed E-state index contributed by atoms with van der Waals surface area (Å²) in [5.74, 6) is -0.382. The van der Waals surface area contributed by atoms with Crippen LogP contribution in [0.5, 0.6) is 0 Å². The van der Waals surface area contributed by atoms with E-state index < -0.39 is 4.92 Å². The van der Waals surface area contributed by atoms with E-state index in [1.54, 1.807) is 0 Å². The number of nitro benzene ring substituents is 1. The molecular formula is C9H9FN2O2. The Labute approximate surface area is 79.9 Å². The van der Waals surface area contributed by atoms with Gasteiger partial charge in [0.05, 0.1) is 4.92 Å². The molecule has 1 N–H and O–H groups in total. The highest BCUT2D eigenvalue weighted by Crippen LogP contribution is 2.28. The monoisotopic (exact) mass is 196 g/mol. The van der Waals surface area contributed by atoms with Gasteiger partial charge in [0.2, 0.25) is 0 Å². The molecule has 0 aromatic heterocycles. The van der Waals surface area contributed by atoms with Crippen molar-refractivity contribution in [3.63, 3.8) is 0 Å². The van der Waals surface area contributed by atoms with Crippen LogP contribution in [0.15, 0.2) is 18.2 Å². The third-order valence-electron chi connectivity index (χ3n) is 2.39. The second-order valence-electron chi connectivity index (χ2n) is 3.26. The normalized spacial score (nSPS) is 20.2. The maximum atomic E-state index is 13.2. The Morgan fingerprint density at radius 1 is 1.57 bits per heavy atom. The maximum Gasteiger partial charge on any atom is 0.269 e. The van der Waals surface area contributed by atoms with Crippen molar-refractivity contribution in [1.29, 1.82) is 0 Å². The first-order chi connectivity index (χ1) is 6.68. The van der Waals surface area contributed by atoms with E-state index in [9.17, 15) is 14.5 Å². The summed E-state index contributed by atoms with van der Waals surface area (Å²) in [6.45, 7) is 0.840. The highest BCUT2D eigenvalue weighted by atomic mass is 19.1. The van der Waals surface area contributed by atoms with Crippen LogP contribution in [0.25, 0.3) is 0 Å². The summed E-state index contributed by atoms with van der Waals surface area (Å²) in [7, 11) is 0. The van der Waals surface area contributed by atoms with E-state index in [-0.39, 0.29) is 17.5 Å². The maximum absolute atomic E-state index is 13.2. The molecule has 5 heteroatoms. The van der Waals surface area contributed by atoms with Gasteiger partial charge in [0.1, 0.15) is 5.82 Å². The van der Waals surface area contributed by atoms with E-state index in [0.717, 1.165) is 19.0 Å². The van der Waals surface area contributed by atoms with Crippen molar-refractivity contribution in [3.8, 4) is 0 Å². The molecule has 0 radical (unpaired) electrons. The highest BCUT2D eigenvalue weighted by Gasteiger charge is 2.23. The van der Waals surface area contributed by atoms with Crippen molar-refractivity contribution in [3.05, 3.63) is 39.7 Å². The Bertz CT molecular complexity index is 377. The Kier molecular flexibility index (Phi) is 2.17. The van der Waals surface area contributed by atoms with E-state index in [1.807, 2.05) is 0 Å². The first kappa shape index (κ1) is 9.08. The number of non-ortho nitro benzene ring substituents is 1. The predicted molar refractivity (Wildman–Crippen MR) is 48.4 cm³/mol. The molecule has 0 spiro atoms. The smallest absolute Gasteiger partial charge is 0.269 e. The lowest BCUT2D eigenvalue weighted by Gasteiger charge is -2.28. The van der Waals surface area contributed by atoms with Crippen LogP contribution in [0, 0.1) is 15.9 Å². The van der Waals surface area contributed by atoms with Crippen molar-refractivity contribution in [2.75, 3.05) is 6.54 Å². The first-order valence-corrected chi connectivity index (χ1v) is 4.35. The Morgan fingerprint density at radius 2 is 2.29 bits per heavy atom. The summed E-state index contributed by atoms with van der Waals surface area (Å²) in [5, 5.41) is 13.5. The molecule has 4 nitrogen and oxygen atoms in total. The fourth-order valence-electron chi connectivity index (χ4n) is 1.47. The second kappa shape index (κ2) is 3.34. The largest absolute Gasteiger partial charge is 0.310 e. The van der Waals surface area contributed by atoms with E-state index >= 15 is 0 Å². The minimum Gasteiger partial charge on any atom is -0.310 e. The fourth-order valence-corrected chi connectivity index (χ4v) is 1.47. The molecule has 14 heavy (non-hydrogen) atoms. The molecule has 0 unspecified atom stereocenters. The van der Waals surface area contributed by atoms with Crippen LogP contribution in [-0.4, -0.2) is 11.5 Å². The Morgan fingerprint density at radius 3 is 2.79 bits per heavy atom. The number of benzene rings is 1. The molecule has 1 aliphatic heterocycles. The zero-order valence-electron chi connectivity index (χ0n) is 7.37. The molecule has 1 fully saturated rings. The zero-order valence-corrected chi connectivity index (χ0v) is 7.37. The number of rotatable bonds is 2. The van der Waals surface area contributed by atoms with Crippen molar-refractivity contribution in [2.24, 2.45) is 0 Å². The second-order valence-corrected chi connectivity index (χ2v) is 3.26. The molecule has 1 atom stereocenters. The molecule has 0 saturated carbocycles. The van der Waals surface area contributed by atoms with Crippen LogP contribution in [0.1, 0.15) is 18.0 Å². The van der Waals surface area contributed by atoms with Crippen LogP contribution >= 0.6 is 0 Å². The quantitative estimate of drug-likeness (QED) is 0.579. The van der Waals surface area contributed by atoms with Crippen molar-refractivity contribution >= 4 is 5.69 Å². The third-order valence-corrected chi connectivity index (χ3v) is 2.39. The van der Waals surface area contributed by atoms with Gasteiger partial charge in [0.25, 0.3) is 5.69 Å². The predicted octanol–water partition coefficient (Wildman–Crippen LogP) is 1.77. The highest BCUT2D eigenvalue weighted by molar-refractivity contribution is 5.37. The molecule has 2 rings (SSSR count). The number of halogens is 1. The summed E-state index contributed by atoms with van der Waals surface area (Å²) in [5.41, 5.74) is 0.334. The molecule has 0 aliphatic carbocycles. The molecule has 0 amide bonds. The third kappa shape index (κ3) is 1.46. The minimum atomic E-state index is -0.512. The first-order valence-electron chi connectivity index (χ1n) is 4.35. The number of nitro groups is 1. The van der Waals surface area contributed by atoms with Gasteiger partial charge in [-0.15, -0.1) is 0 Å². The van der Waals surface area contributed by atoms with Crippen molar-refractivity contribution < 1.29 is 9.31 Å². The van der Waals surface area contributed by atoms with Gasteiger partial charge in [-0.1, -0.05) is 0 Å². The van der Waals surface area contributed by atoms with Crippen LogP contribution in [0.4, 0.5) is 10.1 Å². The molecule has 0 bridgehead atoms. The van der Waals surface area contributed by atoms with E-state index in [1.165, 1.54) is 12.1 Å². The molecule has 1 aliphatic rings. The van der Waals surface area contributed by atoms with Gasteiger partial charge in [-0.2, -0.15) is 0 Å². The van der Waals surface area contributed by atoms with E-state index in [0.29, 0.717) is 5.56 Å². The number of hydrogen-bond acceptors (Lipinski definition) is 3. The van der Waals surface area contributed by atoms with Gasteiger partial charge in [0.15, 0.2) is 0 Å². The standard InChI is InChI=1S/C9H9FN2O2/c10-8-2-1-6(12(13)14)5-7(8)9-3-4-11-9/h1-2,5,9,11H,3-4H2/t9-/m0/s1. The summed E-state index contributed by atoms with van der Waals surface area (Å²) >= 11 is 0.